The fraction of sp³-hybridized carbons (Fsp3) is 0.519. The quantitative estimate of drug-likeness (QED) is 0.624. The first-order valence-electron chi connectivity index (χ1n) is 12.7. The summed E-state index contributed by atoms with van der Waals surface area (Å²) >= 11 is 0. The Morgan fingerprint density at radius 1 is 0.943 bits per heavy atom. The minimum Gasteiger partial charge on any atom is -0.376 e. The molecule has 0 spiro atoms. The van der Waals surface area contributed by atoms with E-state index in [1.165, 1.54) is 24.9 Å². The van der Waals surface area contributed by atoms with Crippen molar-refractivity contribution in [3.63, 3.8) is 0 Å². The standard InChI is InChI=1S/C27H34FN3O4/c28-24-13-7-6-9-19(24)15-29-26(33)22-17-31(16-21-12-8-14-35-21)18-23(25(22)32)27(34)30-20-10-4-2-1-3-5-11-20/h6-7,9,13,17-18,20-21H,1-5,8,10-12,14-16H2,(H,29,33)(H,30,34)/t21-/m1/s1. The number of hydrogen-bond acceptors (Lipinski definition) is 4. The topological polar surface area (TPSA) is 89.4 Å². The van der Waals surface area contributed by atoms with Gasteiger partial charge < -0.3 is 19.9 Å². The van der Waals surface area contributed by atoms with Crippen molar-refractivity contribution in [1.29, 1.82) is 0 Å². The Balaban J connectivity index is 1.56. The van der Waals surface area contributed by atoms with Gasteiger partial charge in [0.15, 0.2) is 0 Å². The smallest absolute Gasteiger partial charge is 0.257 e. The molecule has 1 aromatic carbocycles. The molecular formula is C27H34FN3O4. The molecule has 0 bridgehead atoms. The van der Waals surface area contributed by atoms with Crippen LogP contribution in [0.3, 0.4) is 0 Å². The summed E-state index contributed by atoms with van der Waals surface area (Å²) in [5.41, 5.74) is -0.491. The molecule has 2 aliphatic rings. The number of amides is 2. The number of carbonyl (C=O) groups excluding carboxylic acids is 2. The van der Waals surface area contributed by atoms with Crippen LogP contribution < -0.4 is 16.1 Å². The van der Waals surface area contributed by atoms with E-state index in [2.05, 4.69) is 10.6 Å². The number of carbonyl (C=O) groups is 2. The van der Waals surface area contributed by atoms with Gasteiger partial charge in [0.05, 0.1) is 6.10 Å². The van der Waals surface area contributed by atoms with E-state index in [1.807, 2.05) is 0 Å². The maximum Gasteiger partial charge on any atom is 0.257 e. The highest BCUT2D eigenvalue weighted by Gasteiger charge is 2.24. The Morgan fingerprint density at radius 2 is 1.63 bits per heavy atom. The lowest BCUT2D eigenvalue weighted by molar-refractivity contribution is 0.0914. The molecule has 35 heavy (non-hydrogen) atoms. The molecule has 1 atom stereocenters. The summed E-state index contributed by atoms with van der Waals surface area (Å²) in [4.78, 5) is 39.4. The third-order valence-electron chi connectivity index (χ3n) is 6.84. The number of aromatic nitrogens is 1. The summed E-state index contributed by atoms with van der Waals surface area (Å²) in [6.45, 7) is 1.06. The molecule has 0 unspecified atom stereocenters. The number of nitrogens with one attached hydrogen (secondary N) is 2. The molecule has 2 aromatic rings. The zero-order valence-electron chi connectivity index (χ0n) is 20.1. The maximum absolute atomic E-state index is 14.0. The van der Waals surface area contributed by atoms with Crippen molar-refractivity contribution in [3.8, 4) is 0 Å². The highest BCUT2D eigenvalue weighted by atomic mass is 19.1. The molecule has 8 heteroatoms. The van der Waals surface area contributed by atoms with Crippen LogP contribution in [0.4, 0.5) is 4.39 Å². The summed E-state index contributed by atoms with van der Waals surface area (Å²) in [6, 6.07) is 6.16. The van der Waals surface area contributed by atoms with E-state index in [9.17, 15) is 18.8 Å². The monoisotopic (exact) mass is 483 g/mol. The van der Waals surface area contributed by atoms with Gasteiger partial charge in [0.1, 0.15) is 16.9 Å². The third kappa shape index (κ3) is 6.78. The van der Waals surface area contributed by atoms with E-state index in [4.69, 9.17) is 4.74 Å². The fourth-order valence-corrected chi connectivity index (χ4v) is 4.86. The van der Waals surface area contributed by atoms with Gasteiger partial charge in [-0.2, -0.15) is 0 Å². The number of hydrogen-bond donors (Lipinski definition) is 2. The Bertz CT molecular complexity index is 1090. The highest BCUT2D eigenvalue weighted by molar-refractivity contribution is 5.99. The van der Waals surface area contributed by atoms with Crippen molar-refractivity contribution in [2.45, 2.75) is 83.0 Å². The summed E-state index contributed by atoms with van der Waals surface area (Å²) in [7, 11) is 0. The molecule has 0 radical (unpaired) electrons. The van der Waals surface area contributed by atoms with E-state index < -0.39 is 23.1 Å². The normalized spacial score (nSPS) is 19.1. The maximum atomic E-state index is 14.0. The summed E-state index contributed by atoms with van der Waals surface area (Å²) in [5, 5.41) is 5.66. The van der Waals surface area contributed by atoms with Crippen LogP contribution >= 0.6 is 0 Å². The Kier molecular flexibility index (Phi) is 8.69. The average Bonchev–Trinajstić information content (AvgIpc) is 3.34. The number of pyridine rings is 1. The lowest BCUT2D eigenvalue weighted by atomic mass is 9.96. The van der Waals surface area contributed by atoms with Gasteiger partial charge in [0.25, 0.3) is 11.8 Å². The zero-order chi connectivity index (χ0) is 24.6. The molecule has 2 amide bonds. The average molecular weight is 484 g/mol. The van der Waals surface area contributed by atoms with Gasteiger partial charge in [-0.25, -0.2) is 4.39 Å². The molecule has 1 saturated heterocycles. The second-order valence-electron chi connectivity index (χ2n) is 9.54. The first-order valence-corrected chi connectivity index (χ1v) is 12.7. The van der Waals surface area contributed by atoms with Crippen LogP contribution in [0.15, 0.2) is 41.5 Å². The molecular weight excluding hydrogens is 449 g/mol. The molecule has 1 saturated carbocycles. The summed E-state index contributed by atoms with van der Waals surface area (Å²) in [5.74, 6) is -1.53. The number of nitrogens with zero attached hydrogens (tertiary/aromatic N) is 1. The van der Waals surface area contributed by atoms with Crippen molar-refractivity contribution >= 4 is 11.8 Å². The first-order chi connectivity index (χ1) is 17.0. The van der Waals surface area contributed by atoms with Crippen molar-refractivity contribution in [3.05, 3.63) is 69.4 Å². The molecule has 1 aliphatic carbocycles. The number of ether oxygens (including phenoxy) is 1. The lowest BCUT2D eigenvalue weighted by Gasteiger charge is -2.21. The van der Waals surface area contributed by atoms with E-state index in [0.29, 0.717) is 18.7 Å². The van der Waals surface area contributed by atoms with E-state index in [1.54, 1.807) is 22.8 Å². The molecule has 7 nitrogen and oxygen atoms in total. The Hall–Kier alpha value is -3.00. The Morgan fingerprint density at radius 3 is 2.31 bits per heavy atom. The predicted octanol–water partition coefficient (Wildman–Crippen LogP) is 3.94. The van der Waals surface area contributed by atoms with E-state index in [-0.39, 0.29) is 29.8 Å². The number of benzene rings is 1. The molecule has 1 aromatic heterocycles. The predicted molar refractivity (Wildman–Crippen MR) is 131 cm³/mol. The van der Waals surface area contributed by atoms with Crippen molar-refractivity contribution in [2.75, 3.05) is 6.61 Å². The molecule has 1 aliphatic heterocycles. The van der Waals surface area contributed by atoms with Gasteiger partial charge in [0, 0.05) is 43.7 Å². The molecule has 2 heterocycles. The second-order valence-corrected chi connectivity index (χ2v) is 9.54. The zero-order valence-corrected chi connectivity index (χ0v) is 20.1. The minimum absolute atomic E-state index is 0.0207. The largest absolute Gasteiger partial charge is 0.376 e. The van der Waals surface area contributed by atoms with Gasteiger partial charge in [0.2, 0.25) is 5.43 Å². The van der Waals surface area contributed by atoms with Crippen molar-refractivity contribution < 1.29 is 18.7 Å². The van der Waals surface area contributed by atoms with Crippen LogP contribution in [0.1, 0.15) is 84.1 Å². The highest BCUT2D eigenvalue weighted by Crippen LogP contribution is 2.18. The molecule has 2 fully saturated rings. The summed E-state index contributed by atoms with van der Waals surface area (Å²) in [6.07, 6.45) is 12.2. The lowest BCUT2D eigenvalue weighted by Crippen LogP contribution is -2.40. The second kappa shape index (κ2) is 12.1. The van der Waals surface area contributed by atoms with Gasteiger partial charge in [-0.3, -0.25) is 14.4 Å². The van der Waals surface area contributed by atoms with Crippen molar-refractivity contribution in [1.82, 2.24) is 15.2 Å². The van der Waals surface area contributed by atoms with Crippen LogP contribution in [0.2, 0.25) is 0 Å². The van der Waals surface area contributed by atoms with Gasteiger partial charge in [-0.1, -0.05) is 50.3 Å². The van der Waals surface area contributed by atoms with E-state index in [0.717, 1.165) is 51.4 Å². The third-order valence-corrected chi connectivity index (χ3v) is 6.84. The Labute approximate surface area is 205 Å². The summed E-state index contributed by atoms with van der Waals surface area (Å²) < 4.78 is 21.4. The van der Waals surface area contributed by atoms with Gasteiger partial charge in [-0.05, 0) is 31.7 Å². The van der Waals surface area contributed by atoms with Crippen LogP contribution in [0, 0.1) is 5.82 Å². The molecule has 2 N–H and O–H groups in total. The van der Waals surface area contributed by atoms with Crippen LogP contribution in [-0.4, -0.2) is 35.1 Å². The van der Waals surface area contributed by atoms with Gasteiger partial charge in [-0.15, -0.1) is 0 Å². The van der Waals surface area contributed by atoms with Crippen LogP contribution in [0.25, 0.3) is 0 Å². The SMILES string of the molecule is O=C(NCc1ccccc1F)c1cn(C[C@H]2CCCO2)cc(C(=O)NC2CCCCCCC2)c1=O. The van der Waals surface area contributed by atoms with Gasteiger partial charge >= 0.3 is 0 Å². The number of halogens is 1. The fourth-order valence-electron chi connectivity index (χ4n) is 4.86. The van der Waals surface area contributed by atoms with Crippen molar-refractivity contribution in [2.24, 2.45) is 0 Å². The van der Waals surface area contributed by atoms with Crippen LogP contribution in [-0.2, 0) is 17.8 Å². The first kappa shape index (κ1) is 25.1. The molecule has 4 rings (SSSR count). The van der Waals surface area contributed by atoms with Crippen LogP contribution in [0.5, 0.6) is 0 Å². The van der Waals surface area contributed by atoms with E-state index >= 15 is 0 Å². The molecule has 188 valence electrons. The number of rotatable bonds is 7. The minimum atomic E-state index is -0.639.